The van der Waals surface area contributed by atoms with Gasteiger partial charge in [-0.1, -0.05) is 11.6 Å². The Labute approximate surface area is 161 Å². The van der Waals surface area contributed by atoms with Crippen LogP contribution in [-0.4, -0.2) is 28.0 Å². The molecule has 8 heteroatoms. The lowest BCUT2D eigenvalue weighted by Crippen LogP contribution is -2.24. The Morgan fingerprint density at radius 3 is 2.70 bits per heavy atom. The Hall–Kier alpha value is -3.19. The van der Waals surface area contributed by atoms with Crippen LogP contribution in [0, 0.1) is 6.92 Å². The number of carbonyl (C=O) groups is 1. The monoisotopic (exact) mass is 383 g/mol. The Morgan fingerprint density at radius 2 is 1.96 bits per heavy atom. The molecule has 0 fully saturated rings. The quantitative estimate of drug-likeness (QED) is 0.677. The normalized spacial score (nSPS) is 10.3. The summed E-state index contributed by atoms with van der Waals surface area (Å²) in [5.41, 5.74) is 2.80. The molecule has 138 valence electrons. The first kappa shape index (κ1) is 18.6. The van der Waals surface area contributed by atoms with Crippen LogP contribution in [0.3, 0.4) is 0 Å². The Balaban J connectivity index is 1.74. The lowest BCUT2D eigenvalue weighted by atomic mass is 10.2. The Morgan fingerprint density at radius 1 is 1.19 bits per heavy atom. The average molecular weight is 384 g/mol. The number of aryl methyl sites for hydroxylation is 1. The van der Waals surface area contributed by atoms with Crippen molar-refractivity contribution in [1.82, 2.24) is 20.3 Å². The van der Waals surface area contributed by atoms with E-state index in [1.165, 1.54) is 6.33 Å². The van der Waals surface area contributed by atoms with Crippen LogP contribution >= 0.6 is 11.6 Å². The summed E-state index contributed by atoms with van der Waals surface area (Å²) in [6, 6.07) is 8.82. The van der Waals surface area contributed by atoms with Crippen molar-refractivity contribution >= 4 is 29.0 Å². The van der Waals surface area contributed by atoms with Crippen LogP contribution in [0.5, 0.6) is 5.75 Å². The number of benzene rings is 1. The number of anilines is 2. The van der Waals surface area contributed by atoms with Crippen molar-refractivity contribution < 1.29 is 9.53 Å². The van der Waals surface area contributed by atoms with Crippen LogP contribution in [0.1, 0.15) is 21.6 Å². The number of carbonyl (C=O) groups excluding carboxylic acids is 1. The highest BCUT2D eigenvalue weighted by Gasteiger charge is 2.11. The first-order valence-corrected chi connectivity index (χ1v) is 8.55. The van der Waals surface area contributed by atoms with Crippen molar-refractivity contribution in [2.45, 2.75) is 13.5 Å². The van der Waals surface area contributed by atoms with Crippen molar-refractivity contribution in [2.24, 2.45) is 0 Å². The smallest absolute Gasteiger partial charge is 0.270 e. The predicted molar refractivity (Wildman–Crippen MR) is 103 cm³/mol. The summed E-state index contributed by atoms with van der Waals surface area (Å²) in [4.78, 5) is 24.5. The number of pyridine rings is 1. The van der Waals surface area contributed by atoms with Gasteiger partial charge in [0.15, 0.2) is 0 Å². The standard InChI is InChI=1S/C19H18ClN5O2/c1-12-7-15(17(27-2)8-14(12)20)25-18-9-16(23-11-24-18)19(26)22-10-13-3-5-21-6-4-13/h3-9,11H,10H2,1-2H3,(H,22,26)(H,23,24,25). The minimum Gasteiger partial charge on any atom is -0.495 e. The fourth-order valence-electron chi connectivity index (χ4n) is 2.39. The molecule has 1 aromatic carbocycles. The fourth-order valence-corrected chi connectivity index (χ4v) is 2.54. The second-order valence-corrected chi connectivity index (χ2v) is 6.16. The Kier molecular flexibility index (Phi) is 5.83. The van der Waals surface area contributed by atoms with Gasteiger partial charge >= 0.3 is 0 Å². The molecule has 7 nitrogen and oxygen atoms in total. The molecule has 0 aliphatic heterocycles. The number of aromatic nitrogens is 3. The van der Waals surface area contributed by atoms with Crippen LogP contribution in [0.4, 0.5) is 11.5 Å². The molecule has 0 aliphatic rings. The zero-order chi connectivity index (χ0) is 19.2. The van der Waals surface area contributed by atoms with Crippen LogP contribution in [0.15, 0.2) is 49.1 Å². The van der Waals surface area contributed by atoms with Crippen molar-refractivity contribution in [3.63, 3.8) is 0 Å². The number of methoxy groups -OCH3 is 1. The first-order valence-electron chi connectivity index (χ1n) is 8.17. The molecule has 3 aromatic rings. The molecule has 0 atom stereocenters. The summed E-state index contributed by atoms with van der Waals surface area (Å²) in [6.45, 7) is 2.28. The van der Waals surface area contributed by atoms with Gasteiger partial charge in [0.25, 0.3) is 5.91 Å². The van der Waals surface area contributed by atoms with E-state index in [1.54, 1.807) is 31.6 Å². The number of halogens is 1. The lowest BCUT2D eigenvalue weighted by Gasteiger charge is -2.13. The topological polar surface area (TPSA) is 89.0 Å². The van der Waals surface area contributed by atoms with E-state index in [2.05, 4.69) is 25.6 Å². The highest BCUT2D eigenvalue weighted by atomic mass is 35.5. The summed E-state index contributed by atoms with van der Waals surface area (Å²) < 4.78 is 5.34. The molecular formula is C19H18ClN5O2. The molecule has 0 radical (unpaired) electrons. The van der Waals surface area contributed by atoms with Gasteiger partial charge in [0, 0.05) is 36.1 Å². The van der Waals surface area contributed by atoms with E-state index in [9.17, 15) is 4.79 Å². The number of nitrogens with zero attached hydrogens (tertiary/aromatic N) is 3. The van der Waals surface area contributed by atoms with Gasteiger partial charge in [0.1, 0.15) is 23.6 Å². The highest BCUT2D eigenvalue weighted by Crippen LogP contribution is 2.32. The van der Waals surface area contributed by atoms with Crippen molar-refractivity contribution in [3.05, 3.63) is 70.9 Å². The summed E-state index contributed by atoms with van der Waals surface area (Å²) in [7, 11) is 1.56. The molecule has 2 aromatic heterocycles. The predicted octanol–water partition coefficient (Wildman–Crippen LogP) is 3.52. The van der Waals surface area contributed by atoms with Crippen LogP contribution < -0.4 is 15.4 Å². The number of hydrogen-bond donors (Lipinski definition) is 2. The van der Waals surface area contributed by atoms with Gasteiger partial charge in [0.2, 0.25) is 0 Å². The second-order valence-electron chi connectivity index (χ2n) is 5.75. The maximum Gasteiger partial charge on any atom is 0.270 e. The third kappa shape index (κ3) is 4.71. The van der Waals surface area contributed by atoms with Crippen LogP contribution in [-0.2, 0) is 6.54 Å². The van der Waals surface area contributed by atoms with Gasteiger partial charge in [-0.05, 0) is 36.2 Å². The summed E-state index contributed by atoms with van der Waals surface area (Å²) in [5.74, 6) is 0.753. The third-order valence-electron chi connectivity index (χ3n) is 3.85. The molecule has 0 saturated heterocycles. The zero-order valence-corrected chi connectivity index (χ0v) is 15.6. The molecule has 0 spiro atoms. The number of amides is 1. The largest absolute Gasteiger partial charge is 0.495 e. The van der Waals surface area contributed by atoms with Gasteiger partial charge in [0.05, 0.1) is 12.8 Å². The molecule has 1 amide bonds. The second kappa shape index (κ2) is 8.46. The lowest BCUT2D eigenvalue weighted by molar-refractivity contribution is 0.0946. The number of nitrogens with one attached hydrogen (secondary N) is 2. The van der Waals surface area contributed by atoms with Gasteiger partial charge < -0.3 is 15.4 Å². The highest BCUT2D eigenvalue weighted by molar-refractivity contribution is 6.31. The van der Waals surface area contributed by atoms with Gasteiger partial charge in [-0.25, -0.2) is 9.97 Å². The van der Waals surface area contributed by atoms with E-state index in [0.717, 1.165) is 11.1 Å². The van der Waals surface area contributed by atoms with Gasteiger partial charge in [-0.15, -0.1) is 0 Å². The molecule has 0 bridgehead atoms. The average Bonchev–Trinajstić information content (AvgIpc) is 2.69. The molecular weight excluding hydrogens is 366 g/mol. The van der Waals surface area contributed by atoms with E-state index in [-0.39, 0.29) is 11.6 Å². The van der Waals surface area contributed by atoms with Gasteiger partial charge in [-0.3, -0.25) is 9.78 Å². The van der Waals surface area contributed by atoms with Crippen LogP contribution in [0.25, 0.3) is 0 Å². The number of hydrogen-bond acceptors (Lipinski definition) is 6. The molecule has 27 heavy (non-hydrogen) atoms. The Bertz CT molecular complexity index is 950. The minimum absolute atomic E-state index is 0.256. The maximum absolute atomic E-state index is 12.4. The molecule has 2 N–H and O–H groups in total. The van der Waals surface area contributed by atoms with E-state index < -0.39 is 0 Å². The SMILES string of the molecule is COc1cc(Cl)c(C)cc1Nc1cc(C(=O)NCc2ccncc2)ncn1. The summed E-state index contributed by atoms with van der Waals surface area (Å²) >= 11 is 6.13. The molecule has 2 heterocycles. The van der Waals surface area contributed by atoms with Crippen molar-refractivity contribution in [2.75, 3.05) is 12.4 Å². The zero-order valence-electron chi connectivity index (χ0n) is 14.9. The van der Waals surface area contributed by atoms with E-state index in [1.807, 2.05) is 25.1 Å². The van der Waals surface area contributed by atoms with Crippen LogP contribution in [0.2, 0.25) is 5.02 Å². The molecule has 3 rings (SSSR count). The van der Waals surface area contributed by atoms with Gasteiger partial charge in [-0.2, -0.15) is 0 Å². The van der Waals surface area contributed by atoms with E-state index in [4.69, 9.17) is 16.3 Å². The molecule has 0 saturated carbocycles. The number of ether oxygens (including phenoxy) is 1. The fraction of sp³-hybridized carbons (Fsp3) is 0.158. The maximum atomic E-state index is 12.4. The van der Waals surface area contributed by atoms with E-state index in [0.29, 0.717) is 28.8 Å². The van der Waals surface area contributed by atoms with Crippen molar-refractivity contribution in [1.29, 1.82) is 0 Å². The first-order chi connectivity index (χ1) is 13.1. The minimum atomic E-state index is -0.295. The molecule has 0 unspecified atom stereocenters. The number of rotatable bonds is 6. The van der Waals surface area contributed by atoms with Crippen molar-refractivity contribution in [3.8, 4) is 5.75 Å². The summed E-state index contributed by atoms with van der Waals surface area (Å²) in [6.07, 6.45) is 4.68. The summed E-state index contributed by atoms with van der Waals surface area (Å²) in [5, 5.41) is 6.56. The molecule has 0 aliphatic carbocycles. The third-order valence-corrected chi connectivity index (χ3v) is 4.25. The van der Waals surface area contributed by atoms with E-state index >= 15 is 0 Å².